The van der Waals surface area contributed by atoms with Crippen molar-refractivity contribution in [1.29, 1.82) is 0 Å². The van der Waals surface area contributed by atoms with Crippen molar-refractivity contribution in [3.05, 3.63) is 0 Å². The molecule has 1 saturated carbocycles. The van der Waals surface area contributed by atoms with E-state index in [4.69, 9.17) is 0 Å². The van der Waals surface area contributed by atoms with Gasteiger partial charge in [-0.15, -0.1) is 0 Å². The van der Waals surface area contributed by atoms with E-state index in [2.05, 4.69) is 24.1 Å². The van der Waals surface area contributed by atoms with Crippen LogP contribution in [0.1, 0.15) is 52.4 Å². The van der Waals surface area contributed by atoms with Crippen LogP contribution in [-0.4, -0.2) is 48.3 Å². The van der Waals surface area contributed by atoms with E-state index in [-0.39, 0.29) is 6.10 Å². The molecule has 0 spiro atoms. The molecule has 2 rings (SSSR count). The zero-order chi connectivity index (χ0) is 13.7. The summed E-state index contributed by atoms with van der Waals surface area (Å²) in [4.78, 5) is 2.40. The lowest BCUT2D eigenvalue weighted by Gasteiger charge is -2.35. The maximum absolute atomic E-state index is 10.2. The topological polar surface area (TPSA) is 35.5 Å². The van der Waals surface area contributed by atoms with Crippen molar-refractivity contribution < 1.29 is 5.11 Å². The minimum atomic E-state index is -0.201. The van der Waals surface area contributed by atoms with E-state index >= 15 is 0 Å². The summed E-state index contributed by atoms with van der Waals surface area (Å²) < 4.78 is 0. The van der Waals surface area contributed by atoms with E-state index in [0.29, 0.717) is 6.04 Å². The Balaban J connectivity index is 1.70. The van der Waals surface area contributed by atoms with E-state index in [0.717, 1.165) is 24.9 Å². The van der Waals surface area contributed by atoms with Gasteiger partial charge in [0.2, 0.25) is 0 Å². The van der Waals surface area contributed by atoms with Gasteiger partial charge in [-0.05, 0) is 50.6 Å². The van der Waals surface area contributed by atoms with Gasteiger partial charge in [-0.3, -0.25) is 0 Å². The lowest BCUT2D eigenvalue weighted by Crippen LogP contribution is -2.46. The second-order valence-corrected chi connectivity index (χ2v) is 6.87. The maximum Gasteiger partial charge on any atom is 0.0791 e. The molecule has 3 atom stereocenters. The minimum Gasteiger partial charge on any atom is -0.390 e. The molecule has 19 heavy (non-hydrogen) atoms. The zero-order valence-electron chi connectivity index (χ0n) is 12.8. The van der Waals surface area contributed by atoms with Crippen molar-refractivity contribution in [3.63, 3.8) is 0 Å². The molecular weight excluding hydrogens is 236 g/mol. The second kappa shape index (κ2) is 7.61. The van der Waals surface area contributed by atoms with Crippen LogP contribution >= 0.6 is 0 Å². The average molecular weight is 268 g/mol. The third-order valence-corrected chi connectivity index (χ3v) is 4.96. The summed E-state index contributed by atoms with van der Waals surface area (Å²) >= 11 is 0. The first kappa shape index (κ1) is 15.3. The first-order valence-corrected chi connectivity index (χ1v) is 8.30. The Labute approximate surface area is 118 Å². The van der Waals surface area contributed by atoms with E-state index in [1.165, 1.54) is 51.6 Å². The van der Waals surface area contributed by atoms with Crippen LogP contribution in [-0.2, 0) is 0 Å². The van der Waals surface area contributed by atoms with Crippen LogP contribution in [0.25, 0.3) is 0 Å². The lowest BCUT2D eigenvalue weighted by atomic mass is 9.78. The van der Waals surface area contributed by atoms with Crippen LogP contribution in [0.5, 0.6) is 0 Å². The van der Waals surface area contributed by atoms with Crippen LogP contribution in [0.15, 0.2) is 0 Å². The Hall–Kier alpha value is -0.120. The molecule has 2 aliphatic rings. The van der Waals surface area contributed by atoms with Crippen molar-refractivity contribution >= 4 is 0 Å². The van der Waals surface area contributed by atoms with Crippen molar-refractivity contribution in [1.82, 2.24) is 10.2 Å². The Morgan fingerprint density at radius 1 is 1.11 bits per heavy atom. The van der Waals surface area contributed by atoms with Gasteiger partial charge in [0.15, 0.2) is 0 Å². The molecule has 0 aromatic rings. The van der Waals surface area contributed by atoms with Crippen molar-refractivity contribution in [2.75, 3.05) is 26.2 Å². The number of aliphatic hydroxyl groups is 1. The highest BCUT2D eigenvalue weighted by Gasteiger charge is 2.27. The number of β-amino-alcohol motifs (C(OH)–C–C–N with tert-alkyl or cyclic N) is 1. The predicted octanol–water partition coefficient (Wildman–Crippen LogP) is 2.25. The summed E-state index contributed by atoms with van der Waals surface area (Å²) in [6.45, 7) is 8.65. The van der Waals surface area contributed by atoms with Crippen molar-refractivity contribution in [3.8, 4) is 0 Å². The number of hydrogen-bond donors (Lipinski definition) is 2. The largest absolute Gasteiger partial charge is 0.390 e. The SMILES string of the molecule is CC(C)C1CCCCC1NCC(O)CN1CCCC1. The van der Waals surface area contributed by atoms with Gasteiger partial charge in [0, 0.05) is 19.1 Å². The van der Waals surface area contributed by atoms with Crippen LogP contribution in [0.3, 0.4) is 0 Å². The number of nitrogens with zero attached hydrogens (tertiary/aromatic N) is 1. The molecule has 0 radical (unpaired) electrons. The number of aliphatic hydroxyl groups excluding tert-OH is 1. The van der Waals surface area contributed by atoms with Crippen molar-refractivity contribution in [2.45, 2.75) is 64.5 Å². The molecule has 0 bridgehead atoms. The highest BCUT2D eigenvalue weighted by atomic mass is 16.3. The predicted molar refractivity (Wildman–Crippen MR) is 80.3 cm³/mol. The third kappa shape index (κ3) is 4.73. The molecule has 0 aromatic carbocycles. The molecule has 1 aliphatic heterocycles. The number of likely N-dealkylation sites (tertiary alicyclic amines) is 1. The molecule has 0 aromatic heterocycles. The Kier molecular flexibility index (Phi) is 6.11. The summed E-state index contributed by atoms with van der Waals surface area (Å²) in [5.74, 6) is 1.56. The highest BCUT2D eigenvalue weighted by Crippen LogP contribution is 2.30. The third-order valence-electron chi connectivity index (χ3n) is 4.96. The monoisotopic (exact) mass is 268 g/mol. The molecule has 3 heteroatoms. The quantitative estimate of drug-likeness (QED) is 0.775. The average Bonchev–Trinajstić information content (AvgIpc) is 2.89. The van der Waals surface area contributed by atoms with Crippen LogP contribution in [0.2, 0.25) is 0 Å². The van der Waals surface area contributed by atoms with E-state index in [1.807, 2.05) is 0 Å². The fourth-order valence-corrected chi connectivity index (χ4v) is 3.83. The van der Waals surface area contributed by atoms with E-state index in [1.54, 1.807) is 0 Å². The van der Waals surface area contributed by atoms with E-state index in [9.17, 15) is 5.11 Å². The van der Waals surface area contributed by atoms with Gasteiger partial charge in [-0.25, -0.2) is 0 Å². The van der Waals surface area contributed by atoms with Gasteiger partial charge in [-0.2, -0.15) is 0 Å². The number of nitrogens with one attached hydrogen (secondary N) is 1. The first-order chi connectivity index (χ1) is 9.16. The van der Waals surface area contributed by atoms with Crippen LogP contribution < -0.4 is 5.32 Å². The second-order valence-electron chi connectivity index (χ2n) is 6.87. The van der Waals surface area contributed by atoms with Gasteiger partial charge < -0.3 is 15.3 Å². The Bertz CT molecular complexity index is 251. The summed E-state index contributed by atoms with van der Waals surface area (Å²) in [5.41, 5.74) is 0. The zero-order valence-corrected chi connectivity index (χ0v) is 12.8. The molecule has 3 nitrogen and oxygen atoms in total. The lowest BCUT2D eigenvalue weighted by molar-refractivity contribution is 0.109. The fourth-order valence-electron chi connectivity index (χ4n) is 3.83. The molecule has 1 heterocycles. The van der Waals surface area contributed by atoms with Crippen LogP contribution in [0, 0.1) is 11.8 Å². The fraction of sp³-hybridized carbons (Fsp3) is 1.00. The highest BCUT2D eigenvalue weighted by molar-refractivity contribution is 4.84. The van der Waals surface area contributed by atoms with Gasteiger partial charge >= 0.3 is 0 Å². The maximum atomic E-state index is 10.2. The van der Waals surface area contributed by atoms with Gasteiger partial charge in [0.05, 0.1) is 6.10 Å². The molecule has 2 N–H and O–H groups in total. The van der Waals surface area contributed by atoms with Gasteiger partial charge in [0.1, 0.15) is 0 Å². The molecular formula is C16H32N2O. The van der Waals surface area contributed by atoms with Crippen LogP contribution in [0.4, 0.5) is 0 Å². The molecule has 112 valence electrons. The molecule has 3 unspecified atom stereocenters. The minimum absolute atomic E-state index is 0.201. The molecule has 0 amide bonds. The number of rotatable bonds is 6. The van der Waals surface area contributed by atoms with E-state index < -0.39 is 0 Å². The van der Waals surface area contributed by atoms with Crippen molar-refractivity contribution in [2.24, 2.45) is 11.8 Å². The standard InChI is InChI=1S/C16H32N2O/c1-13(2)15-7-3-4-8-16(15)17-11-14(19)12-18-9-5-6-10-18/h13-17,19H,3-12H2,1-2H3. The van der Waals surface area contributed by atoms with Gasteiger partial charge in [0.25, 0.3) is 0 Å². The molecule has 1 saturated heterocycles. The molecule has 1 aliphatic carbocycles. The van der Waals surface area contributed by atoms with Gasteiger partial charge in [-0.1, -0.05) is 26.7 Å². The summed E-state index contributed by atoms with van der Waals surface area (Å²) in [6, 6.07) is 0.627. The first-order valence-electron chi connectivity index (χ1n) is 8.30. The number of hydrogen-bond acceptors (Lipinski definition) is 3. The normalized spacial score (nSPS) is 30.9. The molecule has 2 fully saturated rings. The Morgan fingerprint density at radius 2 is 1.79 bits per heavy atom. The summed E-state index contributed by atoms with van der Waals surface area (Å²) in [5, 5.41) is 13.8. The summed E-state index contributed by atoms with van der Waals surface area (Å²) in [7, 11) is 0. The summed E-state index contributed by atoms with van der Waals surface area (Å²) in [6.07, 6.45) is 7.79. The Morgan fingerprint density at radius 3 is 2.47 bits per heavy atom. The smallest absolute Gasteiger partial charge is 0.0791 e.